The summed E-state index contributed by atoms with van der Waals surface area (Å²) in [5.41, 5.74) is 7.62. The van der Waals surface area contributed by atoms with Gasteiger partial charge in [0.1, 0.15) is 12.4 Å². The van der Waals surface area contributed by atoms with E-state index in [4.69, 9.17) is 15.2 Å². The fourth-order valence-corrected chi connectivity index (χ4v) is 2.18. The Hall–Kier alpha value is -1.42. The van der Waals surface area contributed by atoms with Gasteiger partial charge in [0.15, 0.2) is 0 Å². The molecule has 0 saturated carbocycles. The Balaban J connectivity index is 0.000000514. The average molecular weight is 236 g/mol. The van der Waals surface area contributed by atoms with Crippen LogP contribution < -0.4 is 15.4 Å². The van der Waals surface area contributed by atoms with Gasteiger partial charge in [-0.2, -0.15) is 0 Å². The summed E-state index contributed by atoms with van der Waals surface area (Å²) in [4.78, 5) is 2.35. The molecule has 0 aliphatic carbocycles. The molecule has 94 valence electrons. The molecule has 3 rings (SSSR count). The van der Waals surface area contributed by atoms with E-state index in [9.17, 15) is 0 Å². The van der Waals surface area contributed by atoms with Crippen LogP contribution in [0, 0.1) is 0 Å². The summed E-state index contributed by atoms with van der Waals surface area (Å²) < 4.78 is 11.1. The third-order valence-corrected chi connectivity index (χ3v) is 2.95. The van der Waals surface area contributed by atoms with Gasteiger partial charge in [-0.05, 0) is 12.1 Å². The lowest BCUT2D eigenvalue weighted by molar-refractivity contribution is 0.0705. The fourth-order valence-electron chi connectivity index (χ4n) is 2.18. The molecule has 1 fully saturated rings. The highest BCUT2D eigenvalue weighted by Crippen LogP contribution is 2.36. The monoisotopic (exact) mass is 236 g/mol. The second-order valence-corrected chi connectivity index (χ2v) is 3.96. The minimum absolute atomic E-state index is 0.356. The maximum absolute atomic E-state index is 5.73. The van der Waals surface area contributed by atoms with Gasteiger partial charge in [0.2, 0.25) is 0 Å². The molecule has 2 aliphatic heterocycles. The van der Waals surface area contributed by atoms with Crippen molar-refractivity contribution in [2.45, 2.75) is 19.9 Å². The molecule has 2 N–H and O–H groups in total. The van der Waals surface area contributed by atoms with Crippen molar-refractivity contribution in [1.82, 2.24) is 0 Å². The smallest absolute Gasteiger partial charge is 0.144 e. The van der Waals surface area contributed by atoms with E-state index in [0.717, 1.165) is 36.9 Å². The van der Waals surface area contributed by atoms with Crippen molar-refractivity contribution in [2.75, 3.05) is 37.0 Å². The fraction of sp³-hybridized carbons (Fsp3) is 0.538. The second kappa shape index (κ2) is 5.27. The van der Waals surface area contributed by atoms with Crippen LogP contribution in [-0.2, 0) is 4.74 Å². The highest BCUT2D eigenvalue weighted by Gasteiger charge is 2.30. The van der Waals surface area contributed by atoms with Crippen molar-refractivity contribution < 1.29 is 9.47 Å². The zero-order valence-electron chi connectivity index (χ0n) is 10.5. The van der Waals surface area contributed by atoms with Gasteiger partial charge in [0.05, 0.1) is 24.9 Å². The minimum Gasteiger partial charge on any atom is -0.489 e. The number of anilines is 2. The highest BCUT2D eigenvalue weighted by atomic mass is 16.5. The van der Waals surface area contributed by atoms with Gasteiger partial charge in [0, 0.05) is 18.3 Å². The molecule has 4 nitrogen and oxygen atoms in total. The molecule has 1 aromatic carbocycles. The van der Waals surface area contributed by atoms with Crippen molar-refractivity contribution in [2.24, 2.45) is 0 Å². The lowest BCUT2D eigenvalue weighted by Crippen LogP contribution is -2.51. The maximum Gasteiger partial charge on any atom is 0.144 e. The predicted octanol–water partition coefficient (Wildman–Crippen LogP) is 1.89. The number of fused-ring (bicyclic) bond motifs is 3. The van der Waals surface area contributed by atoms with Crippen LogP contribution in [0.25, 0.3) is 0 Å². The number of hydrogen-bond acceptors (Lipinski definition) is 4. The number of ether oxygens (including phenoxy) is 2. The predicted molar refractivity (Wildman–Crippen MR) is 69.7 cm³/mol. The summed E-state index contributed by atoms with van der Waals surface area (Å²) in [5, 5.41) is 0. The van der Waals surface area contributed by atoms with Crippen molar-refractivity contribution in [3.8, 4) is 5.75 Å². The van der Waals surface area contributed by atoms with Gasteiger partial charge < -0.3 is 20.1 Å². The number of morpholine rings is 1. The van der Waals surface area contributed by atoms with Crippen molar-refractivity contribution >= 4 is 11.4 Å². The van der Waals surface area contributed by atoms with Crippen molar-refractivity contribution in [1.29, 1.82) is 0 Å². The molecule has 2 heterocycles. The number of nitrogens with two attached hydrogens (primary N) is 1. The molecule has 1 unspecified atom stereocenters. The Morgan fingerprint density at radius 3 is 2.94 bits per heavy atom. The molecule has 17 heavy (non-hydrogen) atoms. The zero-order valence-corrected chi connectivity index (χ0v) is 10.5. The molecule has 0 amide bonds. The first-order valence-corrected chi connectivity index (χ1v) is 6.21. The van der Waals surface area contributed by atoms with Gasteiger partial charge in [0.25, 0.3) is 0 Å². The Morgan fingerprint density at radius 1 is 1.29 bits per heavy atom. The quantitative estimate of drug-likeness (QED) is 0.699. The Labute approximate surface area is 102 Å². The van der Waals surface area contributed by atoms with Crippen molar-refractivity contribution in [3.05, 3.63) is 18.2 Å². The lowest BCUT2D eigenvalue weighted by atomic mass is 10.1. The molecular formula is C13H20N2O2. The van der Waals surface area contributed by atoms with E-state index < -0.39 is 0 Å². The summed E-state index contributed by atoms with van der Waals surface area (Å²) in [7, 11) is 0. The first-order chi connectivity index (χ1) is 8.34. The van der Waals surface area contributed by atoms with E-state index in [1.54, 1.807) is 0 Å². The van der Waals surface area contributed by atoms with Crippen LogP contribution in [-0.4, -0.2) is 32.4 Å². The number of rotatable bonds is 0. The van der Waals surface area contributed by atoms with Crippen LogP contribution in [0.3, 0.4) is 0 Å². The van der Waals surface area contributed by atoms with E-state index in [1.807, 2.05) is 32.0 Å². The van der Waals surface area contributed by atoms with Crippen molar-refractivity contribution in [3.63, 3.8) is 0 Å². The molecule has 4 heteroatoms. The van der Waals surface area contributed by atoms with E-state index >= 15 is 0 Å². The van der Waals surface area contributed by atoms with E-state index in [1.165, 1.54) is 0 Å². The summed E-state index contributed by atoms with van der Waals surface area (Å²) in [6, 6.07) is 6.19. The van der Waals surface area contributed by atoms with E-state index in [2.05, 4.69) is 4.90 Å². The summed E-state index contributed by atoms with van der Waals surface area (Å²) in [6.45, 7) is 7.17. The summed E-state index contributed by atoms with van der Waals surface area (Å²) in [6.07, 6.45) is 0. The molecular weight excluding hydrogens is 216 g/mol. The largest absolute Gasteiger partial charge is 0.489 e. The number of benzene rings is 1. The molecule has 0 bridgehead atoms. The second-order valence-electron chi connectivity index (χ2n) is 3.96. The maximum atomic E-state index is 5.73. The summed E-state index contributed by atoms with van der Waals surface area (Å²) in [5.74, 6) is 0.896. The topological polar surface area (TPSA) is 47.7 Å². The lowest BCUT2D eigenvalue weighted by Gasteiger charge is -2.41. The SMILES string of the molecule is CC.Nc1ccc2c(c1)OCC1COCCN21. The standard InChI is InChI=1S/C11H14N2O2.C2H6/c12-8-1-2-10-11(5-8)15-7-9-6-14-4-3-13(9)10;1-2/h1-2,5,9H,3-4,6-7,12H2;1-2H3. The highest BCUT2D eigenvalue weighted by molar-refractivity contribution is 5.65. The summed E-state index contributed by atoms with van der Waals surface area (Å²) >= 11 is 0. The third kappa shape index (κ3) is 2.31. The molecule has 0 aromatic heterocycles. The molecule has 0 radical (unpaired) electrons. The normalized spacial score (nSPS) is 21.5. The van der Waals surface area contributed by atoms with Crippen LogP contribution in [0.2, 0.25) is 0 Å². The Kier molecular flexibility index (Phi) is 3.74. The first kappa shape index (κ1) is 12.0. The van der Waals surface area contributed by atoms with Gasteiger partial charge >= 0.3 is 0 Å². The number of hydrogen-bond donors (Lipinski definition) is 1. The molecule has 1 saturated heterocycles. The van der Waals surface area contributed by atoms with E-state index in [-0.39, 0.29) is 0 Å². The van der Waals surface area contributed by atoms with E-state index in [0.29, 0.717) is 12.6 Å². The van der Waals surface area contributed by atoms with Gasteiger partial charge in [-0.3, -0.25) is 0 Å². The van der Waals surface area contributed by atoms with Crippen LogP contribution in [0.4, 0.5) is 11.4 Å². The van der Waals surface area contributed by atoms with Crippen LogP contribution in [0.1, 0.15) is 13.8 Å². The molecule has 0 spiro atoms. The molecule has 2 aliphatic rings. The third-order valence-electron chi connectivity index (χ3n) is 2.95. The van der Waals surface area contributed by atoms with Crippen LogP contribution in [0.5, 0.6) is 5.75 Å². The van der Waals surface area contributed by atoms with Gasteiger partial charge in [-0.1, -0.05) is 13.8 Å². The zero-order chi connectivity index (χ0) is 12.3. The Bertz CT molecular complexity index is 382. The van der Waals surface area contributed by atoms with Crippen LogP contribution in [0.15, 0.2) is 18.2 Å². The number of nitrogen functional groups attached to an aromatic ring is 1. The minimum atomic E-state index is 0.356. The van der Waals surface area contributed by atoms with Gasteiger partial charge in [-0.15, -0.1) is 0 Å². The molecule has 1 aromatic rings. The average Bonchev–Trinajstić information content (AvgIpc) is 2.40. The van der Waals surface area contributed by atoms with Gasteiger partial charge in [-0.25, -0.2) is 0 Å². The first-order valence-electron chi connectivity index (χ1n) is 6.21. The van der Waals surface area contributed by atoms with Crippen LogP contribution >= 0.6 is 0 Å². The number of nitrogens with zero attached hydrogens (tertiary/aromatic N) is 1. The molecule has 1 atom stereocenters. The Morgan fingerprint density at radius 2 is 2.12 bits per heavy atom.